The maximum atomic E-state index is 9.23. The second-order valence-electron chi connectivity index (χ2n) is 6.14. The standard InChI is InChI=1S/C12H23NO/c1-11(2,10-14)8-13-7-6-12(9-13)4-3-5-12/h14H,3-10H2,1-2H3. The molecule has 2 rings (SSSR count). The fourth-order valence-electron chi connectivity index (χ4n) is 2.90. The van der Waals surface area contributed by atoms with Crippen molar-refractivity contribution in [3.05, 3.63) is 0 Å². The molecule has 0 aromatic carbocycles. The first-order chi connectivity index (χ1) is 6.55. The first-order valence-electron chi connectivity index (χ1n) is 5.89. The Morgan fingerprint density at radius 3 is 2.43 bits per heavy atom. The smallest absolute Gasteiger partial charge is 0.0494 e. The number of hydrogen-bond donors (Lipinski definition) is 1. The molecule has 2 aliphatic rings. The summed E-state index contributed by atoms with van der Waals surface area (Å²) in [4.78, 5) is 2.55. The number of hydrogen-bond acceptors (Lipinski definition) is 2. The summed E-state index contributed by atoms with van der Waals surface area (Å²) in [5.41, 5.74) is 0.779. The van der Waals surface area contributed by atoms with Crippen LogP contribution in [-0.4, -0.2) is 36.2 Å². The van der Waals surface area contributed by atoms with Crippen LogP contribution in [-0.2, 0) is 0 Å². The average Bonchev–Trinajstić information content (AvgIpc) is 2.47. The van der Waals surface area contributed by atoms with Gasteiger partial charge in [0, 0.05) is 25.1 Å². The zero-order chi connectivity index (χ0) is 10.2. The molecule has 82 valence electrons. The zero-order valence-corrected chi connectivity index (χ0v) is 9.55. The SMILES string of the molecule is CC(C)(CO)CN1CCC2(CCC2)C1. The van der Waals surface area contributed by atoms with Crippen LogP contribution in [0.3, 0.4) is 0 Å². The summed E-state index contributed by atoms with van der Waals surface area (Å²) >= 11 is 0. The molecule has 14 heavy (non-hydrogen) atoms. The maximum Gasteiger partial charge on any atom is 0.0494 e. The largest absolute Gasteiger partial charge is 0.396 e. The topological polar surface area (TPSA) is 23.5 Å². The van der Waals surface area contributed by atoms with E-state index >= 15 is 0 Å². The van der Waals surface area contributed by atoms with Gasteiger partial charge < -0.3 is 10.0 Å². The van der Waals surface area contributed by atoms with Gasteiger partial charge in [-0.25, -0.2) is 0 Å². The van der Waals surface area contributed by atoms with E-state index in [9.17, 15) is 5.11 Å². The summed E-state index contributed by atoms with van der Waals surface area (Å²) in [7, 11) is 0. The molecular formula is C12H23NO. The van der Waals surface area contributed by atoms with Crippen molar-refractivity contribution in [2.45, 2.75) is 39.5 Å². The molecule has 1 heterocycles. The van der Waals surface area contributed by atoms with Crippen LogP contribution in [0.25, 0.3) is 0 Å². The molecule has 1 spiro atoms. The Balaban J connectivity index is 1.84. The van der Waals surface area contributed by atoms with Crippen molar-refractivity contribution in [1.29, 1.82) is 0 Å². The first kappa shape index (κ1) is 10.4. The van der Waals surface area contributed by atoms with Crippen molar-refractivity contribution < 1.29 is 5.11 Å². The molecule has 2 nitrogen and oxygen atoms in total. The van der Waals surface area contributed by atoms with Gasteiger partial charge in [-0.2, -0.15) is 0 Å². The number of aliphatic hydroxyl groups excluding tert-OH is 1. The van der Waals surface area contributed by atoms with Crippen LogP contribution in [0.4, 0.5) is 0 Å². The summed E-state index contributed by atoms with van der Waals surface area (Å²) in [6, 6.07) is 0. The summed E-state index contributed by atoms with van der Waals surface area (Å²) < 4.78 is 0. The Kier molecular flexibility index (Phi) is 2.61. The number of likely N-dealkylation sites (tertiary alicyclic amines) is 1. The normalized spacial score (nSPS) is 26.8. The summed E-state index contributed by atoms with van der Waals surface area (Å²) in [6.45, 7) is 8.21. The third-order valence-corrected chi connectivity index (χ3v) is 4.01. The van der Waals surface area contributed by atoms with Gasteiger partial charge in [0.2, 0.25) is 0 Å². The van der Waals surface area contributed by atoms with E-state index in [0.717, 1.165) is 6.54 Å². The van der Waals surface area contributed by atoms with Crippen LogP contribution in [0, 0.1) is 10.8 Å². The highest BCUT2D eigenvalue weighted by Crippen LogP contribution is 2.48. The van der Waals surface area contributed by atoms with Gasteiger partial charge in [-0.1, -0.05) is 20.3 Å². The maximum absolute atomic E-state index is 9.23. The Labute approximate surface area is 87.3 Å². The lowest BCUT2D eigenvalue weighted by atomic mass is 9.68. The average molecular weight is 197 g/mol. The fraction of sp³-hybridized carbons (Fsp3) is 1.00. The molecule has 0 atom stereocenters. The van der Waals surface area contributed by atoms with Crippen molar-refractivity contribution in [3.8, 4) is 0 Å². The number of aliphatic hydroxyl groups is 1. The monoisotopic (exact) mass is 197 g/mol. The van der Waals surface area contributed by atoms with E-state index in [0.29, 0.717) is 12.0 Å². The minimum absolute atomic E-state index is 0.0786. The lowest BCUT2D eigenvalue weighted by Crippen LogP contribution is -2.38. The van der Waals surface area contributed by atoms with E-state index in [4.69, 9.17) is 0 Å². The number of nitrogens with zero attached hydrogens (tertiary/aromatic N) is 1. The molecule has 1 N–H and O–H groups in total. The molecule has 0 bridgehead atoms. The molecule has 0 radical (unpaired) electrons. The lowest BCUT2D eigenvalue weighted by Gasteiger charge is -2.39. The van der Waals surface area contributed by atoms with Crippen molar-refractivity contribution in [2.24, 2.45) is 10.8 Å². The van der Waals surface area contributed by atoms with Gasteiger partial charge in [0.15, 0.2) is 0 Å². The second kappa shape index (κ2) is 3.49. The number of rotatable bonds is 3. The zero-order valence-electron chi connectivity index (χ0n) is 9.55. The van der Waals surface area contributed by atoms with E-state index in [-0.39, 0.29) is 5.41 Å². The highest BCUT2D eigenvalue weighted by atomic mass is 16.3. The molecule has 2 fully saturated rings. The Hall–Kier alpha value is -0.0800. The van der Waals surface area contributed by atoms with Gasteiger partial charge in [0.1, 0.15) is 0 Å². The minimum atomic E-state index is 0.0786. The molecule has 0 amide bonds. The van der Waals surface area contributed by atoms with E-state index < -0.39 is 0 Å². The van der Waals surface area contributed by atoms with E-state index in [2.05, 4.69) is 18.7 Å². The van der Waals surface area contributed by atoms with Gasteiger partial charge in [0.25, 0.3) is 0 Å². The fourth-order valence-corrected chi connectivity index (χ4v) is 2.90. The quantitative estimate of drug-likeness (QED) is 0.746. The first-order valence-corrected chi connectivity index (χ1v) is 5.89. The summed E-state index contributed by atoms with van der Waals surface area (Å²) in [5.74, 6) is 0. The molecule has 0 aromatic heterocycles. The van der Waals surface area contributed by atoms with Gasteiger partial charge in [-0.05, 0) is 31.2 Å². The molecule has 1 saturated carbocycles. The van der Waals surface area contributed by atoms with Crippen LogP contribution in [0.15, 0.2) is 0 Å². The molecule has 2 heteroatoms. The lowest BCUT2D eigenvalue weighted by molar-refractivity contribution is 0.0912. The van der Waals surface area contributed by atoms with Crippen LogP contribution in [0.2, 0.25) is 0 Å². The Morgan fingerprint density at radius 1 is 1.29 bits per heavy atom. The van der Waals surface area contributed by atoms with Gasteiger partial charge >= 0.3 is 0 Å². The molecular weight excluding hydrogens is 174 g/mol. The van der Waals surface area contributed by atoms with Crippen molar-refractivity contribution in [2.75, 3.05) is 26.2 Å². The molecule has 1 aliphatic carbocycles. The highest BCUT2D eigenvalue weighted by molar-refractivity contribution is 4.96. The Bertz CT molecular complexity index is 208. The van der Waals surface area contributed by atoms with E-state index in [1.54, 1.807) is 0 Å². The van der Waals surface area contributed by atoms with Crippen molar-refractivity contribution in [3.63, 3.8) is 0 Å². The van der Waals surface area contributed by atoms with Gasteiger partial charge in [0.05, 0.1) is 0 Å². The third-order valence-electron chi connectivity index (χ3n) is 4.01. The third kappa shape index (κ3) is 1.96. The van der Waals surface area contributed by atoms with Crippen molar-refractivity contribution >= 4 is 0 Å². The predicted octanol–water partition coefficient (Wildman–Crippen LogP) is 1.88. The van der Waals surface area contributed by atoms with Gasteiger partial charge in [-0.3, -0.25) is 0 Å². The predicted molar refractivity (Wildman–Crippen MR) is 58.2 cm³/mol. The van der Waals surface area contributed by atoms with Crippen molar-refractivity contribution in [1.82, 2.24) is 4.90 Å². The highest BCUT2D eigenvalue weighted by Gasteiger charge is 2.43. The van der Waals surface area contributed by atoms with E-state index in [1.807, 2.05) is 0 Å². The van der Waals surface area contributed by atoms with Crippen LogP contribution >= 0.6 is 0 Å². The Morgan fingerprint density at radius 2 is 2.00 bits per heavy atom. The minimum Gasteiger partial charge on any atom is -0.396 e. The molecule has 0 unspecified atom stereocenters. The van der Waals surface area contributed by atoms with E-state index in [1.165, 1.54) is 38.8 Å². The molecule has 1 saturated heterocycles. The van der Waals surface area contributed by atoms with Crippen LogP contribution in [0.1, 0.15) is 39.5 Å². The molecule has 0 aromatic rings. The van der Waals surface area contributed by atoms with Crippen LogP contribution < -0.4 is 0 Å². The second-order valence-corrected chi connectivity index (χ2v) is 6.14. The summed E-state index contributed by atoms with van der Waals surface area (Å²) in [6.07, 6.45) is 5.73. The van der Waals surface area contributed by atoms with Gasteiger partial charge in [-0.15, -0.1) is 0 Å². The summed E-state index contributed by atoms with van der Waals surface area (Å²) in [5, 5.41) is 9.23. The van der Waals surface area contributed by atoms with Crippen LogP contribution in [0.5, 0.6) is 0 Å². The molecule has 1 aliphatic heterocycles.